The molecule has 0 saturated heterocycles. The number of methoxy groups -OCH3 is 1. The molecule has 3 rings (SSSR count). The van der Waals surface area contributed by atoms with Gasteiger partial charge in [0.1, 0.15) is 5.75 Å². The van der Waals surface area contributed by atoms with E-state index in [1.807, 2.05) is 6.07 Å². The third-order valence-electron chi connectivity index (χ3n) is 4.54. The molecule has 0 saturated carbocycles. The van der Waals surface area contributed by atoms with E-state index in [0.29, 0.717) is 0 Å². The molecule has 3 heteroatoms. The van der Waals surface area contributed by atoms with Crippen molar-refractivity contribution in [3.05, 3.63) is 52.8 Å². The Morgan fingerprint density at radius 3 is 3.00 bits per heavy atom. The molecule has 1 aliphatic rings. The number of benzene rings is 1. The van der Waals surface area contributed by atoms with Crippen LogP contribution in [0.25, 0.3) is 0 Å². The van der Waals surface area contributed by atoms with Gasteiger partial charge in [-0.3, -0.25) is 0 Å². The van der Waals surface area contributed by atoms with Gasteiger partial charge in [0.05, 0.1) is 7.11 Å². The summed E-state index contributed by atoms with van der Waals surface area (Å²) in [6.45, 7) is 3.21. The topological polar surface area (TPSA) is 40.2 Å². The summed E-state index contributed by atoms with van der Waals surface area (Å²) < 4.78 is 7.75. The Balaban J connectivity index is 1.79. The number of rotatable bonds is 4. The van der Waals surface area contributed by atoms with E-state index in [0.717, 1.165) is 31.6 Å². The van der Waals surface area contributed by atoms with Gasteiger partial charge in [0.25, 0.3) is 0 Å². The standard InChI is InChI=1S/C18H24N2O/c1-13-11-16-17(19)7-4-8-18(16)20(13)10-9-14-5-3-6-15(12-14)21-2/h3,5-6,11-12,17H,4,7-10,19H2,1-2H3. The van der Waals surface area contributed by atoms with Crippen LogP contribution >= 0.6 is 0 Å². The van der Waals surface area contributed by atoms with Gasteiger partial charge in [-0.2, -0.15) is 0 Å². The molecule has 0 fully saturated rings. The van der Waals surface area contributed by atoms with Gasteiger partial charge in [0.2, 0.25) is 0 Å². The van der Waals surface area contributed by atoms with Crippen molar-refractivity contribution in [1.29, 1.82) is 0 Å². The maximum Gasteiger partial charge on any atom is 0.119 e. The molecule has 0 amide bonds. The number of nitrogens with zero attached hydrogens (tertiary/aromatic N) is 1. The quantitative estimate of drug-likeness (QED) is 0.935. The van der Waals surface area contributed by atoms with E-state index in [2.05, 4.69) is 35.8 Å². The summed E-state index contributed by atoms with van der Waals surface area (Å²) in [6, 6.07) is 10.8. The zero-order valence-electron chi connectivity index (χ0n) is 12.9. The summed E-state index contributed by atoms with van der Waals surface area (Å²) in [5.41, 5.74) is 11.7. The zero-order chi connectivity index (χ0) is 14.8. The Bertz CT molecular complexity index is 630. The highest BCUT2D eigenvalue weighted by Crippen LogP contribution is 2.31. The van der Waals surface area contributed by atoms with Crippen LogP contribution < -0.4 is 10.5 Å². The van der Waals surface area contributed by atoms with Crippen molar-refractivity contribution in [2.24, 2.45) is 5.73 Å². The number of aryl methyl sites for hydroxylation is 2. The van der Waals surface area contributed by atoms with Crippen LogP contribution in [0.4, 0.5) is 0 Å². The van der Waals surface area contributed by atoms with Crippen molar-refractivity contribution >= 4 is 0 Å². The normalized spacial score (nSPS) is 17.6. The van der Waals surface area contributed by atoms with Crippen LogP contribution in [0.2, 0.25) is 0 Å². The van der Waals surface area contributed by atoms with Crippen molar-refractivity contribution in [2.45, 2.75) is 45.2 Å². The molecule has 21 heavy (non-hydrogen) atoms. The molecule has 112 valence electrons. The largest absolute Gasteiger partial charge is 0.497 e. The SMILES string of the molecule is COc1cccc(CCn2c(C)cc3c2CCCC3N)c1. The average molecular weight is 284 g/mol. The minimum absolute atomic E-state index is 0.227. The third kappa shape index (κ3) is 2.84. The van der Waals surface area contributed by atoms with E-state index in [1.165, 1.54) is 28.9 Å². The van der Waals surface area contributed by atoms with Gasteiger partial charge in [-0.05, 0) is 61.9 Å². The van der Waals surface area contributed by atoms with Gasteiger partial charge >= 0.3 is 0 Å². The lowest BCUT2D eigenvalue weighted by atomic mass is 9.93. The second-order valence-electron chi connectivity index (χ2n) is 5.94. The summed E-state index contributed by atoms with van der Waals surface area (Å²) in [6.07, 6.45) is 4.51. The monoisotopic (exact) mass is 284 g/mol. The molecule has 0 aliphatic heterocycles. The van der Waals surface area contributed by atoms with Gasteiger partial charge in [0, 0.05) is 24.0 Å². The first-order chi connectivity index (χ1) is 10.2. The Labute approximate surface area is 126 Å². The van der Waals surface area contributed by atoms with E-state index >= 15 is 0 Å². The van der Waals surface area contributed by atoms with Gasteiger partial charge in [0.15, 0.2) is 0 Å². The molecule has 1 aliphatic carbocycles. The predicted octanol–water partition coefficient (Wildman–Crippen LogP) is 3.38. The zero-order valence-corrected chi connectivity index (χ0v) is 12.9. The van der Waals surface area contributed by atoms with E-state index in [-0.39, 0.29) is 6.04 Å². The predicted molar refractivity (Wildman–Crippen MR) is 85.7 cm³/mol. The minimum atomic E-state index is 0.227. The van der Waals surface area contributed by atoms with Crippen molar-refractivity contribution in [3.63, 3.8) is 0 Å². The summed E-state index contributed by atoms with van der Waals surface area (Å²) in [5.74, 6) is 0.931. The number of ether oxygens (including phenoxy) is 1. The number of hydrogen-bond donors (Lipinski definition) is 1. The second-order valence-corrected chi connectivity index (χ2v) is 5.94. The van der Waals surface area contributed by atoms with E-state index in [1.54, 1.807) is 7.11 Å². The van der Waals surface area contributed by atoms with Crippen molar-refractivity contribution in [1.82, 2.24) is 4.57 Å². The van der Waals surface area contributed by atoms with Crippen LogP contribution in [0.1, 0.15) is 41.4 Å². The smallest absolute Gasteiger partial charge is 0.119 e. The molecule has 1 atom stereocenters. The molecule has 1 unspecified atom stereocenters. The molecule has 1 aromatic heterocycles. The fraction of sp³-hybridized carbons (Fsp3) is 0.444. The molecular formula is C18H24N2O. The fourth-order valence-electron chi connectivity index (χ4n) is 3.38. The van der Waals surface area contributed by atoms with E-state index in [9.17, 15) is 0 Å². The molecule has 0 spiro atoms. The molecule has 1 aromatic carbocycles. The van der Waals surface area contributed by atoms with Gasteiger partial charge in [-0.25, -0.2) is 0 Å². The highest BCUT2D eigenvalue weighted by Gasteiger charge is 2.21. The van der Waals surface area contributed by atoms with Gasteiger partial charge in [-0.1, -0.05) is 12.1 Å². The highest BCUT2D eigenvalue weighted by molar-refractivity contribution is 5.33. The molecular weight excluding hydrogens is 260 g/mol. The lowest BCUT2D eigenvalue weighted by Gasteiger charge is -2.21. The van der Waals surface area contributed by atoms with Crippen LogP contribution in [0.3, 0.4) is 0 Å². The number of nitrogens with two attached hydrogens (primary N) is 1. The molecule has 2 aromatic rings. The van der Waals surface area contributed by atoms with Crippen LogP contribution in [-0.4, -0.2) is 11.7 Å². The Morgan fingerprint density at radius 1 is 1.33 bits per heavy atom. The van der Waals surface area contributed by atoms with Crippen LogP contribution in [0.5, 0.6) is 5.75 Å². The summed E-state index contributed by atoms with van der Waals surface area (Å²) in [5, 5.41) is 0. The van der Waals surface area contributed by atoms with Gasteiger partial charge < -0.3 is 15.0 Å². The van der Waals surface area contributed by atoms with Gasteiger partial charge in [-0.15, -0.1) is 0 Å². The molecule has 0 bridgehead atoms. The highest BCUT2D eigenvalue weighted by atomic mass is 16.5. The Morgan fingerprint density at radius 2 is 2.19 bits per heavy atom. The molecule has 0 radical (unpaired) electrons. The lowest BCUT2D eigenvalue weighted by molar-refractivity contribution is 0.414. The third-order valence-corrected chi connectivity index (χ3v) is 4.54. The van der Waals surface area contributed by atoms with Crippen molar-refractivity contribution < 1.29 is 4.74 Å². The molecule has 3 nitrogen and oxygen atoms in total. The van der Waals surface area contributed by atoms with Crippen LogP contribution in [-0.2, 0) is 19.4 Å². The maximum atomic E-state index is 6.24. The first-order valence-corrected chi connectivity index (χ1v) is 7.76. The summed E-state index contributed by atoms with van der Waals surface area (Å²) >= 11 is 0. The van der Waals surface area contributed by atoms with Crippen molar-refractivity contribution in [2.75, 3.05) is 7.11 Å². The average Bonchev–Trinajstić information content (AvgIpc) is 2.83. The van der Waals surface area contributed by atoms with E-state index < -0.39 is 0 Å². The first-order valence-electron chi connectivity index (χ1n) is 7.76. The Hall–Kier alpha value is -1.74. The number of hydrogen-bond acceptors (Lipinski definition) is 2. The molecule has 1 heterocycles. The fourth-order valence-corrected chi connectivity index (χ4v) is 3.38. The minimum Gasteiger partial charge on any atom is -0.497 e. The first kappa shape index (κ1) is 14.2. The number of aromatic nitrogens is 1. The lowest BCUT2D eigenvalue weighted by Crippen LogP contribution is -2.18. The molecule has 2 N–H and O–H groups in total. The second kappa shape index (κ2) is 5.94. The summed E-state index contributed by atoms with van der Waals surface area (Å²) in [4.78, 5) is 0. The van der Waals surface area contributed by atoms with Crippen LogP contribution in [0.15, 0.2) is 30.3 Å². The Kier molecular flexibility index (Phi) is 4.02. The van der Waals surface area contributed by atoms with Crippen molar-refractivity contribution in [3.8, 4) is 5.75 Å². The maximum absolute atomic E-state index is 6.24. The number of fused-ring (bicyclic) bond motifs is 1. The van der Waals surface area contributed by atoms with E-state index in [4.69, 9.17) is 10.5 Å². The van der Waals surface area contributed by atoms with Crippen LogP contribution in [0, 0.1) is 6.92 Å². The summed E-state index contributed by atoms with van der Waals surface area (Å²) in [7, 11) is 1.72.